The van der Waals surface area contributed by atoms with E-state index in [2.05, 4.69) is 50.4 Å². The van der Waals surface area contributed by atoms with Crippen LogP contribution in [0, 0.1) is 0 Å². The molecule has 0 aliphatic rings. The zero-order valence-corrected chi connectivity index (χ0v) is 17.4. The van der Waals surface area contributed by atoms with Crippen molar-refractivity contribution in [3.63, 3.8) is 0 Å². The van der Waals surface area contributed by atoms with Crippen LogP contribution in [0.3, 0.4) is 0 Å². The van der Waals surface area contributed by atoms with Crippen molar-refractivity contribution in [2.45, 2.75) is 19.9 Å². The van der Waals surface area contributed by atoms with Crippen LogP contribution in [0.4, 0.5) is 0 Å². The summed E-state index contributed by atoms with van der Waals surface area (Å²) >= 11 is 0. The maximum atomic E-state index is 4.78. The molecule has 30 heavy (non-hydrogen) atoms. The number of hydrogen-bond donors (Lipinski definition) is 2. The summed E-state index contributed by atoms with van der Waals surface area (Å²) in [7, 11) is 2.02. The van der Waals surface area contributed by atoms with Gasteiger partial charge in [-0.05, 0) is 24.6 Å². The molecule has 2 N–H and O–H groups in total. The summed E-state index contributed by atoms with van der Waals surface area (Å²) in [6, 6.07) is 16.2. The molecular weight excluding hydrogens is 374 g/mol. The molecular formula is C23H27N7. The first kappa shape index (κ1) is 19.7. The Kier molecular flexibility index (Phi) is 6.08. The minimum absolute atomic E-state index is 0.646. The van der Waals surface area contributed by atoms with Gasteiger partial charge in [0.2, 0.25) is 0 Å². The topological polar surface area (TPSA) is 73.6 Å². The van der Waals surface area contributed by atoms with Gasteiger partial charge in [0.05, 0.1) is 24.1 Å². The Bertz CT molecular complexity index is 1080. The fourth-order valence-electron chi connectivity index (χ4n) is 3.36. The van der Waals surface area contributed by atoms with Gasteiger partial charge in [-0.25, -0.2) is 9.97 Å². The molecule has 1 aromatic carbocycles. The van der Waals surface area contributed by atoms with Gasteiger partial charge in [-0.2, -0.15) is 0 Å². The normalized spacial score (nSPS) is 11.7. The molecule has 4 rings (SSSR count). The van der Waals surface area contributed by atoms with Gasteiger partial charge in [-0.15, -0.1) is 0 Å². The highest BCUT2D eigenvalue weighted by atomic mass is 15.3. The van der Waals surface area contributed by atoms with Crippen LogP contribution >= 0.6 is 0 Å². The maximum Gasteiger partial charge on any atom is 0.194 e. The molecule has 0 bridgehead atoms. The van der Waals surface area contributed by atoms with E-state index >= 15 is 0 Å². The Balaban J connectivity index is 1.39. The molecule has 4 aromatic rings. The lowest BCUT2D eigenvalue weighted by atomic mass is 10.2. The summed E-state index contributed by atoms with van der Waals surface area (Å²) in [5.41, 5.74) is 4.16. The molecule has 0 aliphatic carbocycles. The number of nitrogens with zero attached hydrogens (tertiary/aromatic N) is 5. The first-order valence-electron chi connectivity index (χ1n) is 10.2. The van der Waals surface area contributed by atoms with E-state index < -0.39 is 0 Å². The number of imidazole rings is 2. The lowest BCUT2D eigenvalue weighted by Crippen LogP contribution is -2.38. The molecule has 0 saturated carbocycles. The van der Waals surface area contributed by atoms with E-state index in [-0.39, 0.29) is 0 Å². The number of pyridine rings is 1. The first-order chi connectivity index (χ1) is 14.7. The third kappa shape index (κ3) is 4.68. The van der Waals surface area contributed by atoms with E-state index in [1.165, 1.54) is 0 Å². The quantitative estimate of drug-likeness (QED) is 0.368. The number of aromatic nitrogens is 4. The second-order valence-electron chi connectivity index (χ2n) is 7.15. The smallest absolute Gasteiger partial charge is 0.194 e. The Labute approximate surface area is 176 Å². The molecule has 0 atom stereocenters. The van der Waals surface area contributed by atoms with Crippen molar-refractivity contribution in [3.05, 3.63) is 78.6 Å². The number of rotatable bonds is 7. The molecule has 0 saturated heterocycles. The summed E-state index contributed by atoms with van der Waals surface area (Å²) < 4.78 is 2.04. The molecule has 0 unspecified atom stereocenters. The molecule has 154 valence electrons. The van der Waals surface area contributed by atoms with E-state index in [0.29, 0.717) is 13.1 Å². The fourth-order valence-corrected chi connectivity index (χ4v) is 3.36. The Morgan fingerprint density at radius 3 is 2.80 bits per heavy atom. The van der Waals surface area contributed by atoms with E-state index in [4.69, 9.17) is 4.99 Å². The number of aliphatic imine (C=N–C) groups is 1. The van der Waals surface area contributed by atoms with Gasteiger partial charge in [-0.1, -0.05) is 36.4 Å². The van der Waals surface area contributed by atoms with Gasteiger partial charge < -0.3 is 19.6 Å². The van der Waals surface area contributed by atoms with Crippen LogP contribution in [0.15, 0.2) is 72.1 Å². The molecule has 0 radical (unpaired) electrons. The number of guanidine groups is 1. The van der Waals surface area contributed by atoms with Gasteiger partial charge in [0.15, 0.2) is 5.96 Å². The van der Waals surface area contributed by atoms with Crippen LogP contribution in [0.1, 0.15) is 18.4 Å². The van der Waals surface area contributed by atoms with Crippen LogP contribution in [-0.2, 0) is 13.0 Å². The highest BCUT2D eigenvalue weighted by Crippen LogP contribution is 2.16. The van der Waals surface area contributed by atoms with Gasteiger partial charge >= 0.3 is 0 Å². The summed E-state index contributed by atoms with van der Waals surface area (Å²) in [5, 5.41) is 3.36. The van der Waals surface area contributed by atoms with Gasteiger partial charge in [0.1, 0.15) is 11.5 Å². The van der Waals surface area contributed by atoms with E-state index in [0.717, 1.165) is 47.3 Å². The predicted octanol–water partition coefficient (Wildman–Crippen LogP) is 3.36. The largest absolute Gasteiger partial charge is 0.357 e. The lowest BCUT2D eigenvalue weighted by Gasteiger charge is -2.21. The summed E-state index contributed by atoms with van der Waals surface area (Å²) in [4.78, 5) is 19.4. The van der Waals surface area contributed by atoms with Gasteiger partial charge in [0.25, 0.3) is 0 Å². The molecule has 3 heterocycles. The van der Waals surface area contributed by atoms with Crippen molar-refractivity contribution in [1.29, 1.82) is 0 Å². The van der Waals surface area contributed by atoms with Crippen molar-refractivity contribution in [2.75, 3.05) is 20.1 Å². The van der Waals surface area contributed by atoms with Gasteiger partial charge in [0, 0.05) is 39.0 Å². The fraction of sp³-hybridized carbons (Fsp3) is 0.261. The van der Waals surface area contributed by atoms with E-state index in [9.17, 15) is 0 Å². The van der Waals surface area contributed by atoms with Crippen molar-refractivity contribution >= 4 is 11.6 Å². The Morgan fingerprint density at radius 1 is 1.17 bits per heavy atom. The number of nitrogens with one attached hydrogen (secondary N) is 2. The standard InChI is InChI=1S/C23H27N7/c1-3-24-23(25-13-12-19-16-30-14-8-7-11-22(30)27-19)29(2)17-21-26-15-20(28-21)18-9-5-4-6-10-18/h4-11,14-16H,3,12-13,17H2,1-2H3,(H,24,25)(H,26,28). The van der Waals surface area contributed by atoms with Crippen LogP contribution in [0.5, 0.6) is 0 Å². The minimum atomic E-state index is 0.646. The molecule has 3 aromatic heterocycles. The minimum Gasteiger partial charge on any atom is -0.357 e. The zero-order chi connectivity index (χ0) is 20.8. The molecule has 7 nitrogen and oxygen atoms in total. The van der Waals surface area contributed by atoms with Crippen molar-refractivity contribution < 1.29 is 0 Å². The van der Waals surface area contributed by atoms with Crippen LogP contribution < -0.4 is 5.32 Å². The second kappa shape index (κ2) is 9.26. The Morgan fingerprint density at radius 2 is 2.00 bits per heavy atom. The summed E-state index contributed by atoms with van der Waals surface area (Å²) in [6.07, 6.45) is 6.75. The first-order valence-corrected chi connectivity index (χ1v) is 10.2. The van der Waals surface area contributed by atoms with E-state index in [1.807, 2.05) is 60.2 Å². The molecule has 7 heteroatoms. The predicted molar refractivity (Wildman–Crippen MR) is 120 cm³/mol. The number of aromatic amines is 1. The molecule has 0 spiro atoms. The van der Waals surface area contributed by atoms with Gasteiger partial charge in [-0.3, -0.25) is 4.99 Å². The third-order valence-corrected chi connectivity index (χ3v) is 4.84. The number of H-pyrrole nitrogens is 1. The van der Waals surface area contributed by atoms with Crippen molar-refractivity contribution in [3.8, 4) is 11.3 Å². The summed E-state index contributed by atoms with van der Waals surface area (Å²) in [5.74, 6) is 1.77. The molecule has 0 fully saturated rings. The SMILES string of the molecule is CCNC(=NCCc1cn2ccccc2n1)N(C)Cc1ncc(-c2ccccc2)[nH]1. The highest BCUT2D eigenvalue weighted by molar-refractivity contribution is 5.79. The van der Waals surface area contributed by atoms with Crippen LogP contribution in [-0.4, -0.2) is 50.3 Å². The van der Waals surface area contributed by atoms with Crippen LogP contribution in [0.25, 0.3) is 16.9 Å². The number of fused-ring (bicyclic) bond motifs is 1. The average Bonchev–Trinajstić information content (AvgIpc) is 3.40. The summed E-state index contributed by atoms with van der Waals surface area (Å²) in [6.45, 7) is 4.20. The molecule has 0 aliphatic heterocycles. The van der Waals surface area contributed by atoms with Crippen LogP contribution in [0.2, 0.25) is 0 Å². The zero-order valence-electron chi connectivity index (χ0n) is 17.4. The number of hydrogen-bond acceptors (Lipinski definition) is 3. The average molecular weight is 402 g/mol. The third-order valence-electron chi connectivity index (χ3n) is 4.84. The lowest BCUT2D eigenvalue weighted by molar-refractivity contribution is 0.464. The Hall–Kier alpha value is -3.61. The monoisotopic (exact) mass is 401 g/mol. The molecule has 0 amide bonds. The number of benzene rings is 1. The van der Waals surface area contributed by atoms with Crippen molar-refractivity contribution in [1.82, 2.24) is 29.6 Å². The highest BCUT2D eigenvalue weighted by Gasteiger charge is 2.10. The second-order valence-corrected chi connectivity index (χ2v) is 7.15. The maximum absolute atomic E-state index is 4.78. The van der Waals surface area contributed by atoms with E-state index in [1.54, 1.807) is 0 Å². The van der Waals surface area contributed by atoms with Crippen molar-refractivity contribution in [2.24, 2.45) is 4.99 Å².